The summed E-state index contributed by atoms with van der Waals surface area (Å²) in [7, 11) is 0. The quantitative estimate of drug-likeness (QED) is 0.405. The van der Waals surface area contributed by atoms with Gasteiger partial charge < -0.3 is 10.4 Å². The Labute approximate surface area is 195 Å². The van der Waals surface area contributed by atoms with Crippen molar-refractivity contribution in [2.75, 3.05) is 5.32 Å². The zero-order chi connectivity index (χ0) is 25.2. The van der Waals surface area contributed by atoms with Crippen LogP contribution in [0.5, 0.6) is 0 Å². The molecule has 0 aliphatic heterocycles. The molecule has 7 nitrogen and oxygen atoms in total. The number of halogens is 4. The van der Waals surface area contributed by atoms with E-state index in [4.69, 9.17) is 5.26 Å². The number of carbonyl (C=O) groups excluding carboxylic acids is 1. The first-order valence-corrected chi connectivity index (χ1v) is 10.0. The Hall–Kier alpha value is -4.56. The molecule has 0 bridgehead atoms. The van der Waals surface area contributed by atoms with Crippen LogP contribution in [0.4, 0.5) is 23.2 Å². The smallest absolute Gasteiger partial charge is 0.382 e. The van der Waals surface area contributed by atoms with Crippen LogP contribution in [-0.2, 0) is 6.18 Å². The average molecular weight is 481 g/mol. The molecule has 11 heteroatoms. The summed E-state index contributed by atoms with van der Waals surface area (Å²) in [4.78, 5) is 17.0. The molecular weight excluding hydrogens is 466 g/mol. The fraction of sp³-hybridized carbons (Fsp3) is 0.0833. The molecule has 0 radical (unpaired) electrons. The molecule has 4 rings (SSSR count). The molecule has 1 amide bonds. The van der Waals surface area contributed by atoms with Crippen LogP contribution >= 0.6 is 0 Å². The summed E-state index contributed by atoms with van der Waals surface area (Å²) in [5.74, 6) is -1.96. The maximum Gasteiger partial charge on any atom is 0.435 e. The largest absolute Gasteiger partial charge is 0.435 e. The van der Waals surface area contributed by atoms with E-state index in [0.717, 1.165) is 16.8 Å². The summed E-state index contributed by atoms with van der Waals surface area (Å²) in [6.07, 6.45) is -4.63. The third-order valence-corrected chi connectivity index (χ3v) is 4.97. The van der Waals surface area contributed by atoms with Crippen molar-refractivity contribution in [1.29, 1.82) is 5.26 Å². The molecule has 2 N–H and O–H groups in total. The van der Waals surface area contributed by atoms with Gasteiger partial charge in [-0.05, 0) is 48.0 Å². The predicted molar refractivity (Wildman–Crippen MR) is 116 cm³/mol. The second kappa shape index (κ2) is 9.36. The first-order valence-electron chi connectivity index (χ1n) is 10.0. The Morgan fingerprint density at radius 2 is 1.89 bits per heavy atom. The van der Waals surface area contributed by atoms with Crippen molar-refractivity contribution in [2.24, 2.45) is 0 Å². The topological polar surface area (TPSA) is 104 Å². The van der Waals surface area contributed by atoms with E-state index in [2.05, 4.69) is 15.4 Å². The molecule has 0 aliphatic carbocycles. The number of nitrogens with zero attached hydrogens (tertiary/aromatic N) is 4. The molecule has 4 aromatic rings. The second-order valence-electron chi connectivity index (χ2n) is 7.34. The highest BCUT2D eigenvalue weighted by atomic mass is 19.4. The summed E-state index contributed by atoms with van der Waals surface area (Å²) >= 11 is 0. The number of nitrogens with one attached hydrogen (secondary N) is 1. The van der Waals surface area contributed by atoms with Gasteiger partial charge in [0.05, 0.1) is 28.7 Å². The molecule has 0 fully saturated rings. The molecule has 2 heterocycles. The molecule has 1 unspecified atom stereocenters. The van der Waals surface area contributed by atoms with Gasteiger partial charge in [0, 0.05) is 12.3 Å². The third-order valence-electron chi connectivity index (χ3n) is 4.97. The van der Waals surface area contributed by atoms with Gasteiger partial charge in [0.2, 0.25) is 0 Å². The maximum atomic E-state index is 14.5. The molecule has 0 saturated carbocycles. The van der Waals surface area contributed by atoms with E-state index in [9.17, 15) is 27.5 Å². The zero-order valence-electron chi connectivity index (χ0n) is 17.7. The Morgan fingerprint density at radius 1 is 1.09 bits per heavy atom. The average Bonchev–Trinajstić information content (AvgIpc) is 3.32. The SMILES string of the molecule is N#Cc1cccc(-n2nc(C(F)(F)F)cc2C(=O)Nc2cc(C(O)c3ccccn3)ccc2F)c1. The summed E-state index contributed by atoms with van der Waals surface area (Å²) in [5, 5.41) is 25.3. The lowest BCUT2D eigenvalue weighted by Gasteiger charge is -2.14. The number of carbonyl (C=O) groups is 1. The Morgan fingerprint density at radius 3 is 2.57 bits per heavy atom. The van der Waals surface area contributed by atoms with Crippen LogP contribution in [0.3, 0.4) is 0 Å². The summed E-state index contributed by atoms with van der Waals surface area (Å²) < 4.78 is 55.2. The summed E-state index contributed by atoms with van der Waals surface area (Å²) in [6, 6.07) is 16.2. The molecule has 0 spiro atoms. The van der Waals surface area contributed by atoms with Gasteiger partial charge in [-0.1, -0.05) is 18.2 Å². The van der Waals surface area contributed by atoms with E-state index < -0.39 is 35.4 Å². The van der Waals surface area contributed by atoms with Crippen molar-refractivity contribution < 1.29 is 27.5 Å². The van der Waals surface area contributed by atoms with Crippen molar-refractivity contribution in [3.63, 3.8) is 0 Å². The minimum absolute atomic E-state index is 0.0319. The number of alkyl halides is 3. The fourth-order valence-corrected chi connectivity index (χ4v) is 3.29. The summed E-state index contributed by atoms with van der Waals surface area (Å²) in [6.45, 7) is 0. The number of benzene rings is 2. The van der Waals surface area contributed by atoms with Crippen LogP contribution < -0.4 is 5.32 Å². The van der Waals surface area contributed by atoms with E-state index in [-0.39, 0.29) is 28.2 Å². The molecule has 2 aromatic heterocycles. The van der Waals surface area contributed by atoms with Crippen molar-refractivity contribution in [3.8, 4) is 11.8 Å². The number of rotatable bonds is 5. The second-order valence-corrected chi connectivity index (χ2v) is 7.34. The normalized spacial score (nSPS) is 12.1. The maximum absolute atomic E-state index is 14.5. The van der Waals surface area contributed by atoms with Crippen molar-refractivity contribution in [1.82, 2.24) is 14.8 Å². The highest BCUT2D eigenvalue weighted by Gasteiger charge is 2.36. The molecule has 1 atom stereocenters. The van der Waals surface area contributed by atoms with E-state index in [1.165, 1.54) is 36.5 Å². The molecule has 0 aliphatic rings. The van der Waals surface area contributed by atoms with Gasteiger partial charge >= 0.3 is 6.18 Å². The highest BCUT2D eigenvalue weighted by molar-refractivity contribution is 6.03. The first kappa shape index (κ1) is 23.6. The number of aliphatic hydroxyl groups is 1. The molecule has 2 aromatic carbocycles. The number of amides is 1. The van der Waals surface area contributed by atoms with Gasteiger partial charge in [0.15, 0.2) is 5.69 Å². The number of nitriles is 1. The highest BCUT2D eigenvalue weighted by Crippen LogP contribution is 2.31. The standard InChI is InChI=1S/C24H15F4N5O2/c25-17-8-7-15(22(34)18-6-1-2-9-30-18)11-19(17)31-23(35)20-12-21(24(26,27)28)32-33(20)16-5-3-4-14(10-16)13-29/h1-12,22,34H,(H,31,35). The lowest BCUT2D eigenvalue weighted by Crippen LogP contribution is -2.18. The van der Waals surface area contributed by atoms with E-state index in [1.807, 2.05) is 6.07 Å². The molecule has 0 saturated heterocycles. The molecular formula is C24H15F4N5O2. The van der Waals surface area contributed by atoms with Crippen LogP contribution in [-0.4, -0.2) is 25.8 Å². The number of pyridine rings is 1. The van der Waals surface area contributed by atoms with E-state index in [0.29, 0.717) is 6.07 Å². The van der Waals surface area contributed by atoms with Crippen LogP contribution in [0.15, 0.2) is 72.9 Å². The van der Waals surface area contributed by atoms with Crippen LogP contribution in [0, 0.1) is 17.1 Å². The monoisotopic (exact) mass is 481 g/mol. The minimum atomic E-state index is -4.86. The van der Waals surface area contributed by atoms with Crippen LogP contribution in [0.25, 0.3) is 5.69 Å². The Bertz CT molecular complexity index is 1430. The van der Waals surface area contributed by atoms with Crippen LogP contribution in [0.2, 0.25) is 0 Å². The predicted octanol–water partition coefficient (Wildman–Crippen LogP) is 4.63. The minimum Gasteiger partial charge on any atom is -0.382 e. The lowest BCUT2D eigenvalue weighted by atomic mass is 10.0. The van der Waals surface area contributed by atoms with Gasteiger partial charge in [0.1, 0.15) is 17.6 Å². The van der Waals surface area contributed by atoms with E-state index in [1.54, 1.807) is 18.2 Å². The summed E-state index contributed by atoms with van der Waals surface area (Å²) in [5.41, 5.74) is -1.60. The Kier molecular flexibility index (Phi) is 6.31. The van der Waals surface area contributed by atoms with Crippen LogP contribution in [0.1, 0.15) is 39.1 Å². The van der Waals surface area contributed by atoms with Gasteiger partial charge in [-0.15, -0.1) is 0 Å². The lowest BCUT2D eigenvalue weighted by molar-refractivity contribution is -0.141. The Balaban J connectivity index is 1.71. The van der Waals surface area contributed by atoms with Crippen molar-refractivity contribution >= 4 is 11.6 Å². The number of aliphatic hydroxyl groups excluding tert-OH is 1. The van der Waals surface area contributed by atoms with Crippen molar-refractivity contribution in [2.45, 2.75) is 12.3 Å². The van der Waals surface area contributed by atoms with Gasteiger partial charge in [-0.2, -0.15) is 23.5 Å². The number of hydrogen-bond donors (Lipinski definition) is 2. The third kappa shape index (κ3) is 5.02. The van der Waals surface area contributed by atoms with Gasteiger partial charge in [-0.3, -0.25) is 9.78 Å². The molecule has 176 valence electrons. The fourth-order valence-electron chi connectivity index (χ4n) is 3.29. The number of anilines is 1. The first-order chi connectivity index (χ1) is 16.7. The number of aromatic nitrogens is 3. The zero-order valence-corrected chi connectivity index (χ0v) is 17.7. The number of hydrogen-bond acceptors (Lipinski definition) is 5. The van der Waals surface area contributed by atoms with Crippen molar-refractivity contribution in [3.05, 3.63) is 107 Å². The van der Waals surface area contributed by atoms with E-state index >= 15 is 0 Å². The van der Waals surface area contributed by atoms with Gasteiger partial charge in [0.25, 0.3) is 5.91 Å². The molecule has 35 heavy (non-hydrogen) atoms. The van der Waals surface area contributed by atoms with Gasteiger partial charge in [-0.25, -0.2) is 9.07 Å².